The van der Waals surface area contributed by atoms with E-state index in [0.717, 1.165) is 10.5 Å². The number of hydrogen-bond acceptors (Lipinski definition) is 3. The van der Waals surface area contributed by atoms with Crippen LogP contribution in [0.15, 0.2) is 42.5 Å². The molecule has 2 saturated heterocycles. The number of imide groups is 1. The maximum absolute atomic E-state index is 12.8. The van der Waals surface area contributed by atoms with Gasteiger partial charge in [0.2, 0.25) is 0 Å². The van der Waals surface area contributed by atoms with Crippen LogP contribution in [0.1, 0.15) is 12.0 Å². The minimum Gasteiger partial charge on any atom is -0.372 e. The molecular weight excluding hydrogens is 411 g/mol. The van der Waals surface area contributed by atoms with E-state index in [2.05, 4.69) is 0 Å². The van der Waals surface area contributed by atoms with E-state index in [4.69, 9.17) is 39.5 Å². The molecule has 2 heterocycles. The molecule has 5 nitrogen and oxygen atoms in total. The highest BCUT2D eigenvalue weighted by Crippen LogP contribution is 2.35. The lowest BCUT2D eigenvalue weighted by Crippen LogP contribution is -2.35. The Bertz CT molecular complexity index is 859. The summed E-state index contributed by atoms with van der Waals surface area (Å²) >= 11 is 17.9. The van der Waals surface area contributed by atoms with E-state index in [1.54, 1.807) is 35.2 Å². The zero-order valence-corrected chi connectivity index (χ0v) is 16.3. The number of urea groups is 1. The Morgan fingerprint density at radius 3 is 2.26 bits per heavy atom. The van der Waals surface area contributed by atoms with Gasteiger partial charge in [0, 0.05) is 28.0 Å². The molecule has 3 amide bonds. The summed E-state index contributed by atoms with van der Waals surface area (Å²) in [6.45, 7) is 0.770. The van der Waals surface area contributed by atoms with Gasteiger partial charge in [-0.25, -0.2) is 9.69 Å². The van der Waals surface area contributed by atoms with Crippen LogP contribution in [0.2, 0.25) is 15.1 Å². The number of rotatable bonds is 4. The van der Waals surface area contributed by atoms with Crippen LogP contribution in [0.4, 0.5) is 10.5 Å². The number of halogens is 3. The molecule has 0 radical (unpaired) electrons. The van der Waals surface area contributed by atoms with Gasteiger partial charge in [0.25, 0.3) is 5.91 Å². The molecule has 0 aromatic heterocycles. The Labute approximate surface area is 171 Å². The maximum atomic E-state index is 12.8. The van der Waals surface area contributed by atoms with Crippen LogP contribution in [0.25, 0.3) is 0 Å². The van der Waals surface area contributed by atoms with Gasteiger partial charge in [0.05, 0.1) is 18.4 Å². The molecule has 2 aromatic rings. The number of anilines is 1. The van der Waals surface area contributed by atoms with E-state index in [0.29, 0.717) is 40.3 Å². The number of hydrogen-bond donors (Lipinski definition) is 0. The zero-order valence-electron chi connectivity index (χ0n) is 14.1. The first-order chi connectivity index (χ1) is 12.9. The Kier molecular flexibility index (Phi) is 5.03. The Morgan fingerprint density at radius 2 is 1.63 bits per heavy atom. The second kappa shape index (κ2) is 7.32. The molecule has 0 aliphatic carbocycles. The van der Waals surface area contributed by atoms with Crippen LogP contribution in [0.3, 0.4) is 0 Å². The largest absolute Gasteiger partial charge is 0.372 e. The standard InChI is InChI=1S/C19H15Cl3N2O3/c20-12-3-1-11(2-4-12)10-27-16-8-17-18(25)24(19(26)23(17)9-16)15-6-13(21)5-14(22)7-15/h1-7,16-17H,8-10H2. The molecule has 8 heteroatoms. The first-order valence-electron chi connectivity index (χ1n) is 8.39. The summed E-state index contributed by atoms with van der Waals surface area (Å²) in [5.74, 6) is -0.282. The topological polar surface area (TPSA) is 49.9 Å². The molecule has 2 atom stereocenters. The van der Waals surface area contributed by atoms with Gasteiger partial charge in [0.1, 0.15) is 6.04 Å². The van der Waals surface area contributed by atoms with Crippen LogP contribution in [-0.2, 0) is 16.1 Å². The fraction of sp³-hybridized carbons (Fsp3) is 0.263. The normalized spacial score (nSPS) is 21.9. The minimum absolute atomic E-state index is 0.191. The molecule has 0 spiro atoms. The van der Waals surface area contributed by atoms with Crippen molar-refractivity contribution in [2.45, 2.75) is 25.2 Å². The lowest BCUT2D eigenvalue weighted by atomic mass is 10.1. The molecular formula is C19H15Cl3N2O3. The molecule has 2 fully saturated rings. The lowest BCUT2D eigenvalue weighted by Gasteiger charge is -2.18. The van der Waals surface area contributed by atoms with Crippen molar-refractivity contribution in [1.82, 2.24) is 4.90 Å². The van der Waals surface area contributed by atoms with Crippen molar-refractivity contribution >= 4 is 52.4 Å². The average Bonchev–Trinajstić information content (AvgIpc) is 3.13. The van der Waals surface area contributed by atoms with Crippen molar-refractivity contribution in [2.24, 2.45) is 0 Å². The summed E-state index contributed by atoms with van der Waals surface area (Å²) in [6, 6.07) is 11.1. The number of amides is 3. The van der Waals surface area contributed by atoms with E-state index >= 15 is 0 Å². The Morgan fingerprint density at radius 1 is 0.963 bits per heavy atom. The molecule has 27 heavy (non-hydrogen) atoms. The number of nitrogens with zero attached hydrogens (tertiary/aromatic N) is 2. The van der Waals surface area contributed by atoms with Crippen molar-refractivity contribution in [3.05, 3.63) is 63.1 Å². The third kappa shape index (κ3) is 3.65. The van der Waals surface area contributed by atoms with Crippen molar-refractivity contribution in [1.29, 1.82) is 0 Å². The molecule has 2 aliphatic heterocycles. The first kappa shape index (κ1) is 18.6. The van der Waals surface area contributed by atoms with E-state index < -0.39 is 6.04 Å². The van der Waals surface area contributed by atoms with Crippen LogP contribution in [0.5, 0.6) is 0 Å². The van der Waals surface area contributed by atoms with Gasteiger partial charge in [-0.2, -0.15) is 0 Å². The molecule has 2 aliphatic rings. The summed E-state index contributed by atoms with van der Waals surface area (Å²) < 4.78 is 5.89. The van der Waals surface area contributed by atoms with Gasteiger partial charge < -0.3 is 9.64 Å². The fourth-order valence-corrected chi connectivity index (χ4v) is 4.08. The highest BCUT2D eigenvalue weighted by Gasteiger charge is 2.51. The smallest absolute Gasteiger partial charge is 0.332 e. The van der Waals surface area contributed by atoms with Crippen LogP contribution in [0, 0.1) is 0 Å². The van der Waals surface area contributed by atoms with Crippen molar-refractivity contribution < 1.29 is 14.3 Å². The molecule has 0 saturated carbocycles. The van der Waals surface area contributed by atoms with Crippen molar-refractivity contribution in [2.75, 3.05) is 11.4 Å². The van der Waals surface area contributed by atoms with Crippen molar-refractivity contribution in [3.63, 3.8) is 0 Å². The molecule has 2 unspecified atom stereocenters. The van der Waals surface area contributed by atoms with Gasteiger partial charge in [-0.1, -0.05) is 46.9 Å². The van der Waals surface area contributed by atoms with E-state index in [1.165, 1.54) is 0 Å². The predicted octanol–water partition coefficient (Wildman–Crippen LogP) is 4.77. The maximum Gasteiger partial charge on any atom is 0.332 e. The average molecular weight is 426 g/mol. The molecule has 4 rings (SSSR count). The number of benzene rings is 2. The number of carbonyl (C=O) groups is 2. The second-order valence-corrected chi connectivity index (χ2v) is 7.86. The molecule has 2 aromatic carbocycles. The summed E-state index contributed by atoms with van der Waals surface area (Å²) in [4.78, 5) is 28.2. The zero-order chi connectivity index (χ0) is 19.1. The number of carbonyl (C=O) groups excluding carboxylic acids is 2. The summed E-state index contributed by atoms with van der Waals surface area (Å²) in [5.41, 5.74) is 1.37. The van der Waals surface area contributed by atoms with Gasteiger partial charge in [-0.05, 0) is 35.9 Å². The van der Waals surface area contributed by atoms with E-state index in [1.807, 2.05) is 12.1 Å². The highest BCUT2D eigenvalue weighted by molar-refractivity contribution is 6.35. The predicted molar refractivity (Wildman–Crippen MR) is 104 cm³/mol. The van der Waals surface area contributed by atoms with Gasteiger partial charge in [0.15, 0.2) is 0 Å². The van der Waals surface area contributed by atoms with Crippen LogP contribution in [-0.4, -0.2) is 35.5 Å². The number of ether oxygens (including phenoxy) is 1. The summed E-state index contributed by atoms with van der Waals surface area (Å²) in [7, 11) is 0. The third-order valence-electron chi connectivity index (χ3n) is 4.71. The monoisotopic (exact) mass is 424 g/mol. The van der Waals surface area contributed by atoms with Gasteiger partial charge in [-0.3, -0.25) is 4.79 Å². The molecule has 140 valence electrons. The molecule has 0 bridgehead atoms. The van der Waals surface area contributed by atoms with E-state index in [-0.39, 0.29) is 18.0 Å². The quantitative estimate of drug-likeness (QED) is 0.663. The highest BCUT2D eigenvalue weighted by atomic mass is 35.5. The number of fused-ring (bicyclic) bond motifs is 1. The Hall–Kier alpha value is -1.79. The fourth-order valence-electron chi connectivity index (χ4n) is 3.44. The van der Waals surface area contributed by atoms with Gasteiger partial charge >= 0.3 is 6.03 Å². The van der Waals surface area contributed by atoms with E-state index in [9.17, 15) is 9.59 Å². The Balaban J connectivity index is 1.44. The van der Waals surface area contributed by atoms with Crippen molar-refractivity contribution in [3.8, 4) is 0 Å². The SMILES string of the molecule is O=C1C2CC(OCc3ccc(Cl)cc3)CN2C(=O)N1c1cc(Cl)cc(Cl)c1. The second-order valence-electron chi connectivity index (χ2n) is 6.55. The summed E-state index contributed by atoms with van der Waals surface area (Å²) in [6.07, 6.45) is 0.270. The first-order valence-corrected chi connectivity index (χ1v) is 9.52. The van der Waals surface area contributed by atoms with Gasteiger partial charge in [-0.15, -0.1) is 0 Å². The third-order valence-corrected chi connectivity index (χ3v) is 5.40. The van der Waals surface area contributed by atoms with Crippen LogP contribution >= 0.6 is 34.8 Å². The molecule has 0 N–H and O–H groups in total. The lowest BCUT2D eigenvalue weighted by molar-refractivity contribution is -0.119. The summed E-state index contributed by atoms with van der Waals surface area (Å²) in [5, 5.41) is 1.40. The van der Waals surface area contributed by atoms with Crippen LogP contribution < -0.4 is 4.90 Å². The minimum atomic E-state index is -0.523.